The van der Waals surface area contributed by atoms with Crippen molar-refractivity contribution in [3.63, 3.8) is 0 Å². The predicted octanol–water partition coefficient (Wildman–Crippen LogP) is 3.37. The lowest BCUT2D eigenvalue weighted by molar-refractivity contribution is 0.0397. The van der Waals surface area contributed by atoms with Crippen LogP contribution in [-0.4, -0.2) is 53.0 Å². The van der Waals surface area contributed by atoms with Crippen LogP contribution in [0.1, 0.15) is 51.6 Å². The molecule has 2 aliphatic rings. The zero-order chi connectivity index (χ0) is 20.3. The van der Waals surface area contributed by atoms with Gasteiger partial charge in [-0.05, 0) is 52.1 Å². The van der Waals surface area contributed by atoms with Crippen molar-refractivity contribution in [2.24, 2.45) is 5.92 Å². The Labute approximate surface area is 166 Å². The third kappa shape index (κ3) is 5.61. The van der Waals surface area contributed by atoms with Gasteiger partial charge in [-0.3, -0.25) is 4.90 Å². The largest absolute Gasteiger partial charge is 0.465 e. The first-order valence-electron chi connectivity index (χ1n) is 10.0. The normalized spacial score (nSPS) is 24.2. The van der Waals surface area contributed by atoms with Crippen molar-refractivity contribution >= 4 is 12.2 Å². The number of rotatable bonds is 5. The number of hydrogen-bond donors (Lipinski definition) is 3. The van der Waals surface area contributed by atoms with Crippen LogP contribution in [0.4, 0.5) is 9.59 Å². The quantitative estimate of drug-likeness (QED) is 0.718. The average Bonchev–Trinajstić information content (AvgIpc) is 3.44. The topological polar surface area (TPSA) is 90.9 Å². The molecule has 0 radical (unpaired) electrons. The molecule has 1 aliphatic heterocycles. The Morgan fingerprint density at radius 1 is 1.18 bits per heavy atom. The number of benzene rings is 1. The molecule has 1 saturated heterocycles. The van der Waals surface area contributed by atoms with Gasteiger partial charge in [0.25, 0.3) is 0 Å². The summed E-state index contributed by atoms with van der Waals surface area (Å²) in [7, 11) is 0. The second-order valence-electron chi connectivity index (χ2n) is 8.77. The summed E-state index contributed by atoms with van der Waals surface area (Å²) >= 11 is 0. The van der Waals surface area contributed by atoms with Crippen molar-refractivity contribution in [1.82, 2.24) is 15.5 Å². The van der Waals surface area contributed by atoms with E-state index in [2.05, 4.69) is 15.5 Å². The summed E-state index contributed by atoms with van der Waals surface area (Å²) in [6.45, 7) is 7.12. The van der Waals surface area contributed by atoms with Crippen molar-refractivity contribution < 1.29 is 19.4 Å². The van der Waals surface area contributed by atoms with E-state index < -0.39 is 17.8 Å². The summed E-state index contributed by atoms with van der Waals surface area (Å²) < 4.78 is 5.46. The monoisotopic (exact) mass is 389 g/mol. The number of nitrogens with one attached hydrogen (secondary N) is 2. The van der Waals surface area contributed by atoms with Gasteiger partial charge in [0.05, 0.1) is 12.1 Å². The van der Waals surface area contributed by atoms with Crippen LogP contribution >= 0.6 is 0 Å². The molecule has 2 amide bonds. The van der Waals surface area contributed by atoms with Crippen molar-refractivity contribution in [3.8, 4) is 0 Å². The van der Waals surface area contributed by atoms with Crippen molar-refractivity contribution in [1.29, 1.82) is 0 Å². The summed E-state index contributed by atoms with van der Waals surface area (Å²) in [5.41, 5.74) is 0.327. The van der Waals surface area contributed by atoms with E-state index in [1.54, 1.807) is 0 Å². The minimum absolute atomic E-state index is 0.0546. The Morgan fingerprint density at radius 3 is 2.43 bits per heavy atom. The van der Waals surface area contributed by atoms with Gasteiger partial charge in [-0.15, -0.1) is 0 Å². The van der Waals surface area contributed by atoms with Crippen molar-refractivity contribution in [2.45, 2.75) is 63.8 Å². The van der Waals surface area contributed by atoms with Gasteiger partial charge in [0.2, 0.25) is 0 Å². The molecule has 0 spiro atoms. The van der Waals surface area contributed by atoms with Gasteiger partial charge in [0, 0.05) is 18.5 Å². The molecule has 0 bridgehead atoms. The molecule has 1 aromatic carbocycles. The van der Waals surface area contributed by atoms with Gasteiger partial charge in [-0.25, -0.2) is 9.59 Å². The lowest BCUT2D eigenvalue weighted by atomic mass is 9.81. The third-order valence-corrected chi connectivity index (χ3v) is 5.33. The van der Waals surface area contributed by atoms with Gasteiger partial charge >= 0.3 is 12.2 Å². The minimum Gasteiger partial charge on any atom is -0.465 e. The second kappa shape index (κ2) is 8.39. The Balaban J connectivity index is 1.81. The maximum absolute atomic E-state index is 12.5. The molecule has 1 aromatic rings. The molecule has 3 unspecified atom stereocenters. The van der Waals surface area contributed by atoms with E-state index in [0.29, 0.717) is 12.6 Å². The van der Waals surface area contributed by atoms with Crippen molar-refractivity contribution in [2.75, 3.05) is 13.1 Å². The van der Waals surface area contributed by atoms with E-state index in [9.17, 15) is 14.7 Å². The number of amides is 2. The number of ether oxygens (including phenoxy) is 1. The lowest BCUT2D eigenvalue weighted by Gasteiger charge is -2.42. The van der Waals surface area contributed by atoms with E-state index in [1.165, 1.54) is 12.8 Å². The van der Waals surface area contributed by atoms with Crippen LogP contribution in [0.2, 0.25) is 0 Å². The molecule has 7 heteroatoms. The molecule has 1 heterocycles. The number of likely N-dealkylation sites (tertiary alicyclic amines) is 1. The fourth-order valence-corrected chi connectivity index (χ4v) is 4.01. The van der Waals surface area contributed by atoms with Crippen LogP contribution in [0.3, 0.4) is 0 Å². The second-order valence-corrected chi connectivity index (χ2v) is 8.77. The SMILES string of the molecule is CC(C)(C)OC(=O)NC1CN(C2CC2)CCC1C(NC(=O)O)c1ccccc1. The number of carboxylic acid groups (broad SMARTS) is 1. The van der Waals surface area contributed by atoms with E-state index in [4.69, 9.17) is 4.74 Å². The Bertz CT molecular complexity index is 685. The molecule has 3 N–H and O–H groups in total. The van der Waals surface area contributed by atoms with Crippen molar-refractivity contribution in [3.05, 3.63) is 35.9 Å². The van der Waals surface area contributed by atoms with Gasteiger partial charge in [-0.2, -0.15) is 0 Å². The first-order chi connectivity index (χ1) is 13.2. The molecule has 28 heavy (non-hydrogen) atoms. The maximum atomic E-state index is 12.5. The number of carbonyl (C=O) groups excluding carboxylic acids is 1. The summed E-state index contributed by atoms with van der Waals surface area (Å²) in [5, 5.41) is 15.1. The molecule has 2 fully saturated rings. The molecule has 1 aliphatic carbocycles. The van der Waals surface area contributed by atoms with E-state index in [0.717, 1.165) is 18.5 Å². The molecule has 3 rings (SSSR count). The number of alkyl carbamates (subject to hydrolysis) is 1. The van der Waals surface area contributed by atoms with Gasteiger partial charge in [0.1, 0.15) is 5.60 Å². The number of carbonyl (C=O) groups is 2. The summed E-state index contributed by atoms with van der Waals surface area (Å²) in [6.07, 6.45) is 1.67. The smallest absolute Gasteiger partial charge is 0.407 e. The van der Waals surface area contributed by atoms with Gasteiger partial charge < -0.3 is 20.5 Å². The van der Waals surface area contributed by atoms with E-state index in [1.807, 2.05) is 51.1 Å². The first-order valence-corrected chi connectivity index (χ1v) is 10.0. The van der Waals surface area contributed by atoms with Crippen LogP contribution in [0.15, 0.2) is 30.3 Å². The highest BCUT2D eigenvalue weighted by Gasteiger charge is 2.41. The van der Waals surface area contributed by atoms with Crippen LogP contribution in [-0.2, 0) is 4.74 Å². The summed E-state index contributed by atoms with van der Waals surface area (Å²) in [5.74, 6) is -0.0546. The van der Waals surface area contributed by atoms with Crippen LogP contribution in [0.5, 0.6) is 0 Å². The van der Waals surface area contributed by atoms with Gasteiger partial charge in [0.15, 0.2) is 0 Å². The molecule has 1 saturated carbocycles. The van der Waals surface area contributed by atoms with Crippen LogP contribution in [0.25, 0.3) is 0 Å². The molecule has 3 atom stereocenters. The third-order valence-electron chi connectivity index (χ3n) is 5.33. The summed E-state index contributed by atoms with van der Waals surface area (Å²) in [4.78, 5) is 26.4. The molecule has 7 nitrogen and oxygen atoms in total. The first kappa shape index (κ1) is 20.5. The van der Waals surface area contributed by atoms with E-state index in [-0.39, 0.29) is 18.0 Å². The number of nitrogens with zero attached hydrogens (tertiary/aromatic N) is 1. The molecule has 154 valence electrons. The zero-order valence-corrected chi connectivity index (χ0v) is 16.9. The fourth-order valence-electron chi connectivity index (χ4n) is 4.01. The fraction of sp³-hybridized carbons (Fsp3) is 0.619. The summed E-state index contributed by atoms with van der Waals surface area (Å²) in [6, 6.07) is 9.58. The average molecular weight is 389 g/mol. The van der Waals surface area contributed by atoms with Crippen LogP contribution in [0, 0.1) is 5.92 Å². The molecular formula is C21H31N3O4. The Kier molecular flexibility index (Phi) is 6.13. The zero-order valence-electron chi connectivity index (χ0n) is 16.9. The Morgan fingerprint density at radius 2 is 1.86 bits per heavy atom. The highest BCUT2D eigenvalue weighted by molar-refractivity contribution is 5.68. The highest BCUT2D eigenvalue weighted by Crippen LogP contribution is 2.36. The lowest BCUT2D eigenvalue weighted by Crippen LogP contribution is -2.56. The predicted molar refractivity (Wildman–Crippen MR) is 106 cm³/mol. The Hall–Kier alpha value is -2.28. The van der Waals surface area contributed by atoms with Crippen LogP contribution < -0.4 is 10.6 Å². The van der Waals surface area contributed by atoms with E-state index >= 15 is 0 Å². The minimum atomic E-state index is -1.06. The molecular weight excluding hydrogens is 358 g/mol. The standard InChI is InChI=1S/C21H31N3O4/c1-21(2,3)28-20(27)22-17-13-24(15-9-10-15)12-11-16(17)18(23-19(25)26)14-7-5-4-6-8-14/h4-8,15-18,23H,9-13H2,1-3H3,(H,22,27)(H,25,26). The number of piperidine rings is 1. The molecule has 0 aromatic heterocycles. The van der Waals surface area contributed by atoms with Gasteiger partial charge in [-0.1, -0.05) is 30.3 Å². The number of hydrogen-bond acceptors (Lipinski definition) is 4. The maximum Gasteiger partial charge on any atom is 0.407 e. The highest BCUT2D eigenvalue weighted by atomic mass is 16.6.